The molecule has 0 saturated carbocycles. The summed E-state index contributed by atoms with van der Waals surface area (Å²) in [5, 5.41) is 12.2. The number of hydrogen-bond donors (Lipinski definition) is 2. The fraction of sp³-hybridized carbons (Fsp3) is 0.417. The molecule has 0 radical (unpaired) electrons. The fourth-order valence-corrected chi connectivity index (χ4v) is 2.00. The number of ether oxygens (including phenoxy) is 1. The first-order valence-corrected chi connectivity index (χ1v) is 6.42. The van der Waals surface area contributed by atoms with Crippen LogP contribution in [0, 0.1) is 3.57 Å². The topological polar surface area (TPSA) is 58.6 Å². The van der Waals surface area contributed by atoms with Crippen molar-refractivity contribution >= 4 is 28.5 Å². The van der Waals surface area contributed by atoms with Crippen LogP contribution in [0.2, 0.25) is 0 Å². The van der Waals surface area contributed by atoms with E-state index in [1.807, 2.05) is 18.2 Å². The molecule has 5 heteroatoms. The maximum atomic E-state index is 11.8. The summed E-state index contributed by atoms with van der Waals surface area (Å²) in [5.41, 5.74) is 0.661. The molecule has 0 heterocycles. The van der Waals surface area contributed by atoms with Gasteiger partial charge in [-0.2, -0.15) is 0 Å². The Hall–Kier alpha value is -0.660. The van der Waals surface area contributed by atoms with Crippen molar-refractivity contribution in [1.29, 1.82) is 0 Å². The lowest BCUT2D eigenvalue weighted by atomic mass is 10.2. The Balaban J connectivity index is 2.38. The number of aliphatic hydroxyl groups is 1. The highest BCUT2D eigenvalue weighted by molar-refractivity contribution is 14.1. The van der Waals surface area contributed by atoms with Gasteiger partial charge in [0.25, 0.3) is 5.91 Å². The molecule has 0 saturated heterocycles. The number of amides is 1. The minimum absolute atomic E-state index is 0.111. The number of methoxy groups -OCH3 is 1. The van der Waals surface area contributed by atoms with E-state index < -0.39 is 6.10 Å². The number of halogens is 1. The zero-order valence-electron chi connectivity index (χ0n) is 9.65. The van der Waals surface area contributed by atoms with Gasteiger partial charge >= 0.3 is 0 Å². The lowest BCUT2D eigenvalue weighted by molar-refractivity contribution is 0.0587. The van der Waals surface area contributed by atoms with Crippen LogP contribution >= 0.6 is 22.6 Å². The molecule has 1 atom stereocenters. The third kappa shape index (κ3) is 5.01. The van der Waals surface area contributed by atoms with Gasteiger partial charge in [0, 0.05) is 17.2 Å². The molecule has 17 heavy (non-hydrogen) atoms. The summed E-state index contributed by atoms with van der Waals surface area (Å²) in [5.74, 6) is -0.111. The van der Waals surface area contributed by atoms with Gasteiger partial charge < -0.3 is 15.2 Å². The average molecular weight is 349 g/mol. The van der Waals surface area contributed by atoms with Crippen LogP contribution in [0.3, 0.4) is 0 Å². The second-order valence-electron chi connectivity index (χ2n) is 3.63. The predicted molar refractivity (Wildman–Crippen MR) is 74.0 cm³/mol. The average Bonchev–Trinajstić information content (AvgIpc) is 2.29. The Morgan fingerprint density at radius 1 is 1.53 bits per heavy atom. The van der Waals surface area contributed by atoms with Crippen LogP contribution in [0.15, 0.2) is 24.3 Å². The summed E-state index contributed by atoms with van der Waals surface area (Å²) >= 11 is 2.12. The Kier molecular flexibility index (Phi) is 6.46. The third-order valence-corrected chi connectivity index (χ3v) is 3.18. The van der Waals surface area contributed by atoms with Crippen molar-refractivity contribution in [3.63, 3.8) is 0 Å². The zero-order valence-corrected chi connectivity index (χ0v) is 11.8. The van der Waals surface area contributed by atoms with E-state index in [1.54, 1.807) is 6.07 Å². The smallest absolute Gasteiger partial charge is 0.252 e. The van der Waals surface area contributed by atoms with Gasteiger partial charge in [-0.05, 0) is 41.1 Å². The minimum Gasteiger partial charge on any atom is -0.391 e. The Labute approximate surface area is 115 Å². The highest BCUT2D eigenvalue weighted by Crippen LogP contribution is 2.10. The summed E-state index contributed by atoms with van der Waals surface area (Å²) in [4.78, 5) is 11.8. The van der Waals surface area contributed by atoms with Gasteiger partial charge in [0.05, 0.1) is 18.3 Å². The van der Waals surface area contributed by atoms with Crippen molar-refractivity contribution < 1.29 is 14.6 Å². The number of carbonyl (C=O) groups is 1. The van der Waals surface area contributed by atoms with E-state index >= 15 is 0 Å². The van der Waals surface area contributed by atoms with Crippen molar-refractivity contribution in [2.24, 2.45) is 0 Å². The van der Waals surface area contributed by atoms with Crippen LogP contribution in [-0.2, 0) is 4.74 Å². The van der Waals surface area contributed by atoms with Crippen molar-refractivity contribution in [3.05, 3.63) is 33.4 Å². The maximum Gasteiger partial charge on any atom is 0.252 e. The van der Waals surface area contributed by atoms with Gasteiger partial charge in [-0.25, -0.2) is 0 Å². The van der Waals surface area contributed by atoms with Crippen LogP contribution in [-0.4, -0.2) is 37.4 Å². The van der Waals surface area contributed by atoms with Crippen LogP contribution in [0.25, 0.3) is 0 Å². The molecule has 0 aliphatic heterocycles. The van der Waals surface area contributed by atoms with Crippen molar-refractivity contribution in [3.8, 4) is 0 Å². The summed E-state index contributed by atoms with van der Waals surface area (Å²) in [6.07, 6.45) is -0.0432. The molecule has 0 aliphatic carbocycles. The standard InChI is InChI=1S/C12H16INO3/c1-17-8-9(15)6-7-14-12(16)10-4-2-3-5-11(10)13/h2-5,9,15H,6-8H2,1H3,(H,14,16). The largest absolute Gasteiger partial charge is 0.391 e. The Morgan fingerprint density at radius 2 is 2.24 bits per heavy atom. The molecule has 0 aliphatic rings. The third-order valence-electron chi connectivity index (χ3n) is 2.24. The van der Waals surface area contributed by atoms with E-state index in [0.29, 0.717) is 25.1 Å². The summed E-state index contributed by atoms with van der Waals surface area (Å²) < 4.78 is 5.72. The van der Waals surface area contributed by atoms with Crippen LogP contribution in [0.5, 0.6) is 0 Å². The van der Waals surface area contributed by atoms with Crippen molar-refractivity contribution in [2.45, 2.75) is 12.5 Å². The van der Waals surface area contributed by atoms with E-state index in [2.05, 4.69) is 27.9 Å². The van der Waals surface area contributed by atoms with E-state index in [0.717, 1.165) is 3.57 Å². The fourth-order valence-electron chi connectivity index (χ4n) is 1.37. The molecule has 1 aromatic carbocycles. The van der Waals surface area contributed by atoms with Gasteiger partial charge in [0.15, 0.2) is 0 Å². The Morgan fingerprint density at radius 3 is 2.88 bits per heavy atom. The number of hydrogen-bond acceptors (Lipinski definition) is 3. The van der Waals surface area contributed by atoms with Crippen LogP contribution in [0.1, 0.15) is 16.8 Å². The maximum absolute atomic E-state index is 11.8. The van der Waals surface area contributed by atoms with E-state index in [-0.39, 0.29) is 5.91 Å². The van der Waals surface area contributed by atoms with Gasteiger partial charge in [0.2, 0.25) is 0 Å². The molecule has 0 bridgehead atoms. The van der Waals surface area contributed by atoms with Crippen molar-refractivity contribution in [2.75, 3.05) is 20.3 Å². The predicted octanol–water partition coefficient (Wildman–Crippen LogP) is 1.42. The lowest BCUT2D eigenvalue weighted by Gasteiger charge is -2.10. The number of nitrogens with one attached hydrogen (secondary N) is 1. The quantitative estimate of drug-likeness (QED) is 0.764. The second kappa shape index (κ2) is 7.62. The lowest BCUT2D eigenvalue weighted by Crippen LogP contribution is -2.28. The molecule has 1 aromatic rings. The first kappa shape index (κ1) is 14.4. The molecule has 1 rings (SSSR count). The highest BCUT2D eigenvalue weighted by Gasteiger charge is 2.09. The normalized spacial score (nSPS) is 12.2. The van der Waals surface area contributed by atoms with Crippen LogP contribution in [0.4, 0.5) is 0 Å². The van der Waals surface area contributed by atoms with E-state index in [1.165, 1.54) is 7.11 Å². The number of benzene rings is 1. The molecule has 1 amide bonds. The first-order chi connectivity index (χ1) is 8.15. The monoisotopic (exact) mass is 349 g/mol. The number of carbonyl (C=O) groups excluding carboxylic acids is 1. The van der Waals surface area contributed by atoms with Gasteiger partial charge in [-0.3, -0.25) is 4.79 Å². The van der Waals surface area contributed by atoms with Gasteiger partial charge in [0.1, 0.15) is 0 Å². The molecule has 0 aromatic heterocycles. The number of aliphatic hydroxyl groups excluding tert-OH is 1. The Bertz CT molecular complexity index is 371. The van der Waals surface area contributed by atoms with Gasteiger partial charge in [-0.15, -0.1) is 0 Å². The molecule has 4 nitrogen and oxygen atoms in total. The first-order valence-electron chi connectivity index (χ1n) is 5.35. The van der Waals surface area contributed by atoms with E-state index in [4.69, 9.17) is 4.74 Å². The summed E-state index contributed by atoms with van der Waals surface area (Å²) in [6.45, 7) is 0.729. The van der Waals surface area contributed by atoms with Crippen molar-refractivity contribution in [1.82, 2.24) is 5.32 Å². The molecule has 1 unspecified atom stereocenters. The highest BCUT2D eigenvalue weighted by atomic mass is 127. The summed E-state index contributed by atoms with van der Waals surface area (Å²) in [7, 11) is 1.54. The number of rotatable bonds is 6. The molecule has 0 spiro atoms. The molecular formula is C12H16INO3. The van der Waals surface area contributed by atoms with Gasteiger partial charge in [-0.1, -0.05) is 12.1 Å². The minimum atomic E-state index is -0.532. The molecular weight excluding hydrogens is 333 g/mol. The molecule has 2 N–H and O–H groups in total. The second-order valence-corrected chi connectivity index (χ2v) is 4.80. The molecule has 94 valence electrons. The molecule has 0 fully saturated rings. The SMILES string of the molecule is COCC(O)CCNC(=O)c1ccccc1I. The zero-order chi connectivity index (χ0) is 12.7. The van der Waals surface area contributed by atoms with Crippen LogP contribution < -0.4 is 5.32 Å². The summed E-state index contributed by atoms with van der Waals surface area (Å²) in [6, 6.07) is 7.38. The van der Waals surface area contributed by atoms with E-state index in [9.17, 15) is 9.90 Å².